The van der Waals surface area contributed by atoms with Crippen LogP contribution >= 0.6 is 0 Å². The number of benzene rings is 2. The average Bonchev–Trinajstić information content (AvgIpc) is 2.67. The predicted molar refractivity (Wildman–Crippen MR) is 105 cm³/mol. The van der Waals surface area contributed by atoms with Gasteiger partial charge in [-0.1, -0.05) is 62.6 Å². The summed E-state index contributed by atoms with van der Waals surface area (Å²) in [5, 5.41) is 8.35. The van der Waals surface area contributed by atoms with Gasteiger partial charge in [0, 0.05) is 17.6 Å². The van der Waals surface area contributed by atoms with Gasteiger partial charge in [0.15, 0.2) is 5.69 Å². The van der Waals surface area contributed by atoms with Gasteiger partial charge in [0.1, 0.15) is 0 Å². The number of carbonyl (C=O) groups is 1. The number of anilines is 1. The molecule has 2 aromatic carbocycles. The Balaban J connectivity index is 1.96. The number of para-hydroxylation sites is 1. The summed E-state index contributed by atoms with van der Waals surface area (Å²) < 4.78 is 1.43. The average molecular weight is 349 g/mol. The molecule has 0 bridgehead atoms. The third-order valence-electron chi connectivity index (χ3n) is 4.34. The van der Waals surface area contributed by atoms with E-state index in [9.17, 15) is 9.59 Å². The van der Waals surface area contributed by atoms with E-state index in [0.717, 1.165) is 25.7 Å². The third-order valence-corrected chi connectivity index (χ3v) is 4.34. The van der Waals surface area contributed by atoms with Crippen LogP contribution in [-0.4, -0.2) is 15.7 Å². The number of unbranched alkanes of at least 4 members (excludes halogenated alkanes) is 3. The maximum Gasteiger partial charge on any atom is 0.276 e. The van der Waals surface area contributed by atoms with Crippen molar-refractivity contribution in [3.05, 3.63) is 70.6 Å². The summed E-state index contributed by atoms with van der Waals surface area (Å²) in [5.41, 5.74) is 0.831. The van der Waals surface area contributed by atoms with E-state index in [2.05, 4.69) is 17.3 Å². The Labute approximate surface area is 152 Å². The fourth-order valence-electron chi connectivity index (χ4n) is 2.95. The van der Waals surface area contributed by atoms with Gasteiger partial charge in [0.25, 0.3) is 11.5 Å². The molecule has 0 fully saturated rings. The molecular formula is C21H23N3O2. The first-order valence-electron chi connectivity index (χ1n) is 9.07. The Morgan fingerprint density at radius 3 is 2.38 bits per heavy atom. The Hall–Kier alpha value is -2.95. The highest BCUT2D eigenvalue weighted by atomic mass is 16.2. The first-order valence-corrected chi connectivity index (χ1v) is 9.07. The van der Waals surface area contributed by atoms with Crippen LogP contribution in [0.15, 0.2) is 59.4 Å². The maximum absolute atomic E-state index is 12.8. The number of hydrogen-bond acceptors (Lipinski definition) is 3. The second-order valence-electron chi connectivity index (χ2n) is 6.30. The summed E-state index contributed by atoms with van der Waals surface area (Å²) >= 11 is 0. The van der Waals surface area contributed by atoms with E-state index in [1.807, 2.05) is 42.5 Å². The van der Waals surface area contributed by atoms with Crippen LogP contribution in [0.25, 0.3) is 10.8 Å². The van der Waals surface area contributed by atoms with Crippen molar-refractivity contribution in [3.63, 3.8) is 0 Å². The van der Waals surface area contributed by atoms with Crippen molar-refractivity contribution in [2.24, 2.45) is 0 Å². The highest BCUT2D eigenvalue weighted by Gasteiger charge is 2.16. The molecule has 134 valence electrons. The quantitative estimate of drug-likeness (QED) is 0.649. The fourth-order valence-corrected chi connectivity index (χ4v) is 2.95. The zero-order valence-electron chi connectivity index (χ0n) is 14.9. The lowest BCUT2D eigenvalue weighted by Crippen LogP contribution is -2.27. The lowest BCUT2D eigenvalue weighted by atomic mass is 10.1. The first-order chi connectivity index (χ1) is 12.7. The van der Waals surface area contributed by atoms with Crippen LogP contribution in [0.4, 0.5) is 5.69 Å². The molecule has 5 nitrogen and oxygen atoms in total. The van der Waals surface area contributed by atoms with Crippen LogP contribution in [0.1, 0.15) is 43.1 Å². The first kappa shape index (κ1) is 17.9. The summed E-state index contributed by atoms with van der Waals surface area (Å²) in [5.74, 6) is -0.310. The lowest BCUT2D eigenvalue weighted by molar-refractivity contribution is 0.102. The van der Waals surface area contributed by atoms with Gasteiger partial charge in [0.2, 0.25) is 0 Å². The third kappa shape index (κ3) is 3.99. The largest absolute Gasteiger partial charge is 0.321 e. The number of rotatable bonds is 7. The summed E-state index contributed by atoms with van der Waals surface area (Å²) in [6, 6.07) is 16.4. The summed E-state index contributed by atoms with van der Waals surface area (Å²) in [6.45, 7) is 2.67. The van der Waals surface area contributed by atoms with E-state index in [-0.39, 0.29) is 17.2 Å². The number of aryl methyl sites for hydroxylation is 1. The molecule has 0 aliphatic heterocycles. The molecule has 0 saturated heterocycles. The number of fused-ring (bicyclic) bond motifs is 1. The van der Waals surface area contributed by atoms with E-state index in [1.54, 1.807) is 12.1 Å². The van der Waals surface area contributed by atoms with Crippen LogP contribution in [0.3, 0.4) is 0 Å². The molecule has 5 heteroatoms. The fraction of sp³-hybridized carbons (Fsp3) is 0.286. The minimum Gasteiger partial charge on any atom is -0.321 e. The zero-order valence-corrected chi connectivity index (χ0v) is 14.9. The minimum absolute atomic E-state index is 0.145. The Kier molecular flexibility index (Phi) is 5.79. The van der Waals surface area contributed by atoms with Crippen LogP contribution in [-0.2, 0) is 6.54 Å². The van der Waals surface area contributed by atoms with Crippen molar-refractivity contribution < 1.29 is 4.79 Å². The molecule has 1 aromatic heterocycles. The van der Waals surface area contributed by atoms with Crippen molar-refractivity contribution in [2.45, 2.75) is 39.2 Å². The molecule has 0 aliphatic carbocycles. The van der Waals surface area contributed by atoms with Gasteiger partial charge in [-0.15, -0.1) is 0 Å². The second-order valence-corrected chi connectivity index (χ2v) is 6.30. The van der Waals surface area contributed by atoms with Crippen molar-refractivity contribution in [1.29, 1.82) is 0 Å². The smallest absolute Gasteiger partial charge is 0.276 e. The molecule has 26 heavy (non-hydrogen) atoms. The molecular weight excluding hydrogens is 326 g/mol. The van der Waals surface area contributed by atoms with Crippen molar-refractivity contribution in [1.82, 2.24) is 9.78 Å². The van der Waals surface area contributed by atoms with Gasteiger partial charge in [0.05, 0.1) is 5.39 Å². The molecule has 0 aliphatic rings. The van der Waals surface area contributed by atoms with Crippen LogP contribution < -0.4 is 10.9 Å². The number of amides is 1. The number of nitrogens with one attached hydrogen (secondary N) is 1. The monoisotopic (exact) mass is 349 g/mol. The van der Waals surface area contributed by atoms with Gasteiger partial charge in [-0.3, -0.25) is 9.59 Å². The normalized spacial score (nSPS) is 10.8. The van der Waals surface area contributed by atoms with E-state index >= 15 is 0 Å². The molecule has 0 unspecified atom stereocenters. The zero-order chi connectivity index (χ0) is 18.4. The molecule has 0 spiro atoms. The second kappa shape index (κ2) is 8.43. The Morgan fingerprint density at radius 1 is 0.962 bits per heavy atom. The SMILES string of the molecule is CCCCCCn1nc(C(=O)Nc2ccccc2)c2ccccc2c1=O. The van der Waals surface area contributed by atoms with E-state index in [4.69, 9.17) is 0 Å². The summed E-state index contributed by atoms with van der Waals surface area (Å²) in [6.07, 6.45) is 4.18. The van der Waals surface area contributed by atoms with E-state index in [1.165, 1.54) is 4.68 Å². The van der Waals surface area contributed by atoms with Gasteiger partial charge < -0.3 is 5.32 Å². The Bertz CT molecular complexity index is 948. The molecule has 1 amide bonds. The van der Waals surface area contributed by atoms with Crippen LogP contribution in [0.5, 0.6) is 0 Å². The lowest BCUT2D eigenvalue weighted by Gasteiger charge is -2.11. The van der Waals surface area contributed by atoms with Gasteiger partial charge in [-0.05, 0) is 24.6 Å². The highest BCUT2D eigenvalue weighted by Crippen LogP contribution is 2.16. The predicted octanol–water partition coefficient (Wildman–Crippen LogP) is 4.23. The van der Waals surface area contributed by atoms with Crippen molar-refractivity contribution in [2.75, 3.05) is 5.32 Å². The Morgan fingerprint density at radius 2 is 1.65 bits per heavy atom. The topological polar surface area (TPSA) is 64.0 Å². The standard InChI is InChI=1S/C21H23N3O2/c1-2-3-4-10-15-24-21(26)18-14-9-8-13-17(18)19(23-24)20(25)22-16-11-6-5-7-12-16/h5-9,11-14H,2-4,10,15H2,1H3,(H,22,25). The molecule has 3 rings (SSSR count). The van der Waals surface area contributed by atoms with Gasteiger partial charge in [-0.2, -0.15) is 5.10 Å². The van der Waals surface area contributed by atoms with E-state index in [0.29, 0.717) is 23.0 Å². The molecule has 3 aromatic rings. The molecule has 0 radical (unpaired) electrons. The summed E-state index contributed by atoms with van der Waals surface area (Å²) in [4.78, 5) is 25.5. The molecule has 0 saturated carbocycles. The highest BCUT2D eigenvalue weighted by molar-refractivity contribution is 6.11. The van der Waals surface area contributed by atoms with Gasteiger partial charge >= 0.3 is 0 Å². The van der Waals surface area contributed by atoms with Crippen LogP contribution in [0, 0.1) is 0 Å². The maximum atomic E-state index is 12.8. The van der Waals surface area contributed by atoms with Crippen molar-refractivity contribution in [3.8, 4) is 0 Å². The number of nitrogens with zero attached hydrogens (tertiary/aromatic N) is 2. The van der Waals surface area contributed by atoms with E-state index < -0.39 is 0 Å². The molecule has 0 atom stereocenters. The number of carbonyl (C=O) groups excluding carboxylic acids is 1. The molecule has 1 heterocycles. The summed E-state index contributed by atoms with van der Waals surface area (Å²) in [7, 11) is 0. The van der Waals surface area contributed by atoms with Crippen LogP contribution in [0.2, 0.25) is 0 Å². The number of aromatic nitrogens is 2. The van der Waals surface area contributed by atoms with Crippen molar-refractivity contribution >= 4 is 22.4 Å². The minimum atomic E-state index is -0.310. The van der Waals surface area contributed by atoms with Gasteiger partial charge in [-0.25, -0.2) is 4.68 Å². The number of hydrogen-bond donors (Lipinski definition) is 1. The molecule has 1 N–H and O–H groups in total.